The summed E-state index contributed by atoms with van der Waals surface area (Å²) in [6.45, 7) is 3.12. The molecular formula is C5H6Cl2O2. The van der Waals surface area contributed by atoms with E-state index in [0.29, 0.717) is 10.6 Å². The second kappa shape index (κ2) is 3.75. The molecule has 52 valence electrons. The monoisotopic (exact) mass is 168 g/mol. The summed E-state index contributed by atoms with van der Waals surface area (Å²) in [5, 5.41) is 0.389. The Labute approximate surface area is 63.6 Å². The van der Waals surface area contributed by atoms with Gasteiger partial charge in [-0.05, 0) is 13.8 Å². The van der Waals surface area contributed by atoms with Crippen molar-refractivity contribution in [2.45, 2.75) is 13.8 Å². The highest BCUT2D eigenvalue weighted by atomic mass is 35.5. The Bertz CT molecular complexity index is 147. The van der Waals surface area contributed by atoms with E-state index in [-0.39, 0.29) is 0 Å². The first kappa shape index (κ1) is 8.79. The zero-order chi connectivity index (χ0) is 7.44. The summed E-state index contributed by atoms with van der Waals surface area (Å²) in [4.78, 5) is 10.5. The van der Waals surface area contributed by atoms with Crippen molar-refractivity contribution in [3.63, 3.8) is 0 Å². The van der Waals surface area contributed by atoms with E-state index in [1.165, 1.54) is 6.92 Å². The van der Waals surface area contributed by atoms with Crippen molar-refractivity contribution in [1.29, 1.82) is 0 Å². The van der Waals surface area contributed by atoms with E-state index in [1.54, 1.807) is 6.92 Å². The van der Waals surface area contributed by atoms with E-state index >= 15 is 0 Å². The highest BCUT2D eigenvalue weighted by Gasteiger charge is 2.05. The zero-order valence-electron chi connectivity index (χ0n) is 5.07. The molecule has 0 aromatic rings. The Morgan fingerprint density at radius 1 is 1.44 bits per heavy atom. The van der Waals surface area contributed by atoms with Gasteiger partial charge in [0.1, 0.15) is 11.9 Å². The van der Waals surface area contributed by atoms with Crippen molar-refractivity contribution in [2.24, 2.45) is 0 Å². The van der Waals surface area contributed by atoms with Gasteiger partial charge in [-0.15, -0.1) is 0 Å². The Morgan fingerprint density at radius 3 is 2.00 bits per heavy atom. The molecule has 0 atom stereocenters. The molecule has 0 aliphatic carbocycles. The van der Waals surface area contributed by atoms with Crippen LogP contribution in [0.3, 0.4) is 0 Å². The van der Waals surface area contributed by atoms with Gasteiger partial charge in [0.15, 0.2) is 0 Å². The smallest absolute Gasteiger partial charge is 0.343 e. The third-order valence-electron chi connectivity index (χ3n) is 0.893. The number of hydrogen-bond acceptors (Lipinski definition) is 2. The Kier molecular flexibility index (Phi) is 3.66. The second-order valence-electron chi connectivity index (χ2n) is 1.52. The summed E-state index contributed by atoms with van der Waals surface area (Å²) < 4.78 is 3.86. The van der Waals surface area contributed by atoms with Crippen LogP contribution in [0.4, 0.5) is 0 Å². The highest BCUT2D eigenvalue weighted by Crippen LogP contribution is 2.09. The molecule has 0 saturated heterocycles. The van der Waals surface area contributed by atoms with Gasteiger partial charge in [-0.25, -0.2) is 4.79 Å². The summed E-state index contributed by atoms with van der Waals surface area (Å²) in [7, 11) is 0. The summed E-state index contributed by atoms with van der Waals surface area (Å²) in [5.74, 6) is -0.607. The lowest BCUT2D eigenvalue weighted by Crippen LogP contribution is -1.98. The third-order valence-corrected chi connectivity index (χ3v) is 1.32. The van der Waals surface area contributed by atoms with Crippen molar-refractivity contribution >= 4 is 29.4 Å². The van der Waals surface area contributed by atoms with Crippen LogP contribution < -0.4 is 0 Å². The lowest BCUT2D eigenvalue weighted by molar-refractivity contribution is -0.129. The maximum atomic E-state index is 10.5. The van der Waals surface area contributed by atoms with Gasteiger partial charge in [0.25, 0.3) is 0 Å². The third kappa shape index (κ3) is 2.72. The number of carbonyl (C=O) groups excluding carboxylic acids is 1. The van der Waals surface area contributed by atoms with Gasteiger partial charge in [0, 0.05) is 10.6 Å². The van der Waals surface area contributed by atoms with E-state index < -0.39 is 5.97 Å². The van der Waals surface area contributed by atoms with Gasteiger partial charge in [0.2, 0.25) is 0 Å². The van der Waals surface area contributed by atoms with Crippen molar-refractivity contribution in [1.82, 2.24) is 0 Å². The maximum Gasteiger partial charge on any atom is 0.353 e. The minimum absolute atomic E-state index is 0.326. The lowest BCUT2D eigenvalue weighted by Gasteiger charge is -1.94. The fourth-order valence-corrected chi connectivity index (χ4v) is 0.391. The van der Waals surface area contributed by atoms with Crippen LogP contribution in [0.1, 0.15) is 13.8 Å². The molecule has 0 spiro atoms. The largest absolute Gasteiger partial charge is 0.353 e. The molecule has 0 aromatic heterocycles. The van der Waals surface area contributed by atoms with E-state index in [4.69, 9.17) is 23.5 Å². The van der Waals surface area contributed by atoms with Gasteiger partial charge in [-0.1, -0.05) is 11.6 Å². The summed E-state index contributed by atoms with van der Waals surface area (Å²) in [6.07, 6.45) is 0. The Balaban J connectivity index is 4.21. The average Bonchev–Trinajstić information content (AvgIpc) is 1.84. The van der Waals surface area contributed by atoms with E-state index in [9.17, 15) is 4.79 Å². The molecule has 0 rings (SSSR count). The molecule has 0 unspecified atom stereocenters. The molecule has 0 amide bonds. The molecule has 0 radical (unpaired) electrons. The predicted octanol–water partition coefficient (Wildman–Crippen LogP) is 2.22. The number of hydrogen-bond donors (Lipinski definition) is 0. The van der Waals surface area contributed by atoms with Crippen LogP contribution in [0.15, 0.2) is 10.6 Å². The van der Waals surface area contributed by atoms with Gasteiger partial charge in [-0.3, -0.25) is 0 Å². The van der Waals surface area contributed by atoms with E-state index in [0.717, 1.165) is 0 Å². The number of rotatable bonds is 1. The topological polar surface area (TPSA) is 26.3 Å². The van der Waals surface area contributed by atoms with Crippen LogP contribution in [0.25, 0.3) is 0 Å². The zero-order valence-corrected chi connectivity index (χ0v) is 6.58. The molecule has 0 aliphatic heterocycles. The van der Waals surface area contributed by atoms with Crippen LogP contribution in [0, 0.1) is 0 Å². The SMILES string of the molecule is CC(Cl)=C(C)C(=O)OCl. The maximum absolute atomic E-state index is 10.5. The normalized spacial score (nSPS) is 12.4. The standard InChI is InChI=1S/C5H6Cl2O2/c1-3(4(2)6)5(8)9-7/h1-2H3. The van der Waals surface area contributed by atoms with Crippen LogP contribution in [-0.4, -0.2) is 5.97 Å². The number of carbonyl (C=O) groups is 1. The first-order chi connectivity index (χ1) is 4.09. The molecule has 0 fully saturated rings. The highest BCUT2D eigenvalue weighted by molar-refractivity contribution is 6.31. The Hall–Kier alpha value is -0.210. The molecular weight excluding hydrogens is 163 g/mol. The second-order valence-corrected chi connectivity index (χ2v) is 2.24. The molecule has 2 nitrogen and oxygen atoms in total. The quantitative estimate of drug-likeness (QED) is 0.562. The molecule has 0 aliphatic rings. The van der Waals surface area contributed by atoms with Crippen LogP contribution >= 0.6 is 23.5 Å². The van der Waals surface area contributed by atoms with Gasteiger partial charge < -0.3 is 4.29 Å². The number of allylic oxidation sites excluding steroid dienone is 1. The average molecular weight is 169 g/mol. The summed E-state index contributed by atoms with van der Waals surface area (Å²) in [5.41, 5.74) is 0.326. The van der Waals surface area contributed by atoms with Gasteiger partial charge in [0.05, 0.1) is 0 Å². The first-order valence-corrected chi connectivity index (χ1v) is 2.94. The summed E-state index contributed by atoms with van der Waals surface area (Å²) in [6, 6.07) is 0. The van der Waals surface area contributed by atoms with Crippen molar-refractivity contribution in [3.05, 3.63) is 10.6 Å². The lowest BCUT2D eigenvalue weighted by atomic mass is 10.3. The molecule has 0 bridgehead atoms. The fourth-order valence-electron chi connectivity index (χ4n) is 0.199. The van der Waals surface area contributed by atoms with E-state index in [2.05, 4.69) is 4.29 Å². The minimum atomic E-state index is -0.607. The fraction of sp³-hybridized carbons (Fsp3) is 0.400. The van der Waals surface area contributed by atoms with Crippen molar-refractivity contribution < 1.29 is 9.08 Å². The molecule has 4 heteroatoms. The van der Waals surface area contributed by atoms with Crippen LogP contribution in [0.5, 0.6) is 0 Å². The predicted molar refractivity (Wildman–Crippen MR) is 36.2 cm³/mol. The van der Waals surface area contributed by atoms with Crippen molar-refractivity contribution in [3.8, 4) is 0 Å². The van der Waals surface area contributed by atoms with Crippen LogP contribution in [0.2, 0.25) is 0 Å². The molecule has 0 aromatic carbocycles. The molecule has 0 heterocycles. The Morgan fingerprint density at radius 2 is 1.89 bits per heavy atom. The molecule has 0 N–H and O–H groups in total. The molecule has 0 saturated carbocycles. The number of halogens is 2. The summed E-state index contributed by atoms with van der Waals surface area (Å²) >= 11 is 10.2. The van der Waals surface area contributed by atoms with Gasteiger partial charge >= 0.3 is 5.97 Å². The first-order valence-electron chi connectivity index (χ1n) is 2.25. The van der Waals surface area contributed by atoms with Crippen LogP contribution in [-0.2, 0) is 9.08 Å². The molecule has 9 heavy (non-hydrogen) atoms. The van der Waals surface area contributed by atoms with E-state index in [1.807, 2.05) is 0 Å². The van der Waals surface area contributed by atoms with Gasteiger partial charge in [-0.2, -0.15) is 0 Å². The minimum Gasteiger partial charge on any atom is -0.343 e. The van der Waals surface area contributed by atoms with Crippen molar-refractivity contribution in [2.75, 3.05) is 0 Å².